The normalized spacial score (nSPS) is 17.3. The zero-order valence-electron chi connectivity index (χ0n) is 12.8. The van der Waals surface area contributed by atoms with E-state index in [1.165, 1.54) is 0 Å². The molecule has 2 heterocycles. The lowest BCUT2D eigenvalue weighted by molar-refractivity contribution is 0.0875. The highest BCUT2D eigenvalue weighted by Crippen LogP contribution is 2.15. The van der Waals surface area contributed by atoms with Gasteiger partial charge in [-0.2, -0.15) is 5.26 Å². The van der Waals surface area contributed by atoms with Crippen LogP contribution in [0.1, 0.15) is 24.0 Å². The number of anilines is 2. The second-order valence-corrected chi connectivity index (χ2v) is 5.51. The van der Waals surface area contributed by atoms with E-state index in [4.69, 9.17) is 10.00 Å². The molecule has 1 fully saturated rings. The largest absolute Gasteiger partial charge is 0.379 e. The first kappa shape index (κ1) is 15.3. The van der Waals surface area contributed by atoms with Gasteiger partial charge in [-0.1, -0.05) is 12.1 Å². The van der Waals surface area contributed by atoms with Crippen molar-refractivity contribution in [1.29, 1.82) is 5.26 Å². The summed E-state index contributed by atoms with van der Waals surface area (Å²) in [5.41, 5.74) is 1.76. The lowest BCUT2D eigenvalue weighted by atomic mass is 10.1. The van der Waals surface area contributed by atoms with Gasteiger partial charge in [-0.25, -0.2) is 9.97 Å². The molecule has 1 aromatic heterocycles. The van der Waals surface area contributed by atoms with Crippen LogP contribution >= 0.6 is 0 Å². The van der Waals surface area contributed by atoms with Gasteiger partial charge in [-0.15, -0.1) is 0 Å². The Balaban J connectivity index is 1.57. The SMILES string of the molecule is N#Cc1ccc(CNc2cc(N[C@H]3CCCOC3)ncn2)cc1. The highest BCUT2D eigenvalue weighted by molar-refractivity contribution is 5.47. The third kappa shape index (κ3) is 4.41. The minimum absolute atomic E-state index is 0.310. The number of rotatable bonds is 5. The van der Waals surface area contributed by atoms with Crippen LogP contribution in [0, 0.1) is 11.3 Å². The molecule has 23 heavy (non-hydrogen) atoms. The summed E-state index contributed by atoms with van der Waals surface area (Å²) in [6.07, 6.45) is 3.72. The van der Waals surface area contributed by atoms with Crippen molar-refractivity contribution in [2.75, 3.05) is 23.8 Å². The van der Waals surface area contributed by atoms with E-state index in [0.29, 0.717) is 18.2 Å². The first-order chi connectivity index (χ1) is 11.3. The summed E-state index contributed by atoms with van der Waals surface area (Å²) in [6, 6.07) is 11.8. The molecule has 0 unspecified atom stereocenters. The maximum absolute atomic E-state index is 8.80. The molecule has 118 valence electrons. The van der Waals surface area contributed by atoms with Gasteiger partial charge in [0.25, 0.3) is 0 Å². The highest BCUT2D eigenvalue weighted by atomic mass is 16.5. The Morgan fingerprint density at radius 3 is 2.78 bits per heavy atom. The number of hydrogen-bond donors (Lipinski definition) is 2. The highest BCUT2D eigenvalue weighted by Gasteiger charge is 2.14. The monoisotopic (exact) mass is 309 g/mol. The first-order valence-electron chi connectivity index (χ1n) is 7.73. The molecule has 0 saturated carbocycles. The number of nitriles is 1. The van der Waals surface area contributed by atoms with Gasteiger partial charge in [-0.05, 0) is 30.5 Å². The molecule has 0 spiro atoms. The van der Waals surface area contributed by atoms with E-state index in [9.17, 15) is 0 Å². The van der Waals surface area contributed by atoms with Gasteiger partial charge >= 0.3 is 0 Å². The van der Waals surface area contributed by atoms with E-state index in [2.05, 4.69) is 26.7 Å². The summed E-state index contributed by atoms with van der Waals surface area (Å²) in [6.45, 7) is 2.21. The molecule has 0 radical (unpaired) electrons. The van der Waals surface area contributed by atoms with Crippen LogP contribution in [-0.4, -0.2) is 29.2 Å². The predicted molar refractivity (Wildman–Crippen MR) is 88.0 cm³/mol. The van der Waals surface area contributed by atoms with Crippen molar-refractivity contribution in [3.8, 4) is 6.07 Å². The standard InChI is InChI=1S/C17H19N5O/c18-9-13-3-5-14(6-4-13)10-19-16-8-17(21-12-20-16)22-15-2-1-7-23-11-15/h3-6,8,12,15H,1-2,7,10-11H2,(H2,19,20,21,22)/t15-/m0/s1. The summed E-state index contributed by atoms with van der Waals surface area (Å²) in [7, 11) is 0. The van der Waals surface area contributed by atoms with Crippen LogP contribution in [0.4, 0.5) is 11.6 Å². The fourth-order valence-corrected chi connectivity index (χ4v) is 2.49. The first-order valence-corrected chi connectivity index (χ1v) is 7.73. The summed E-state index contributed by atoms with van der Waals surface area (Å²) >= 11 is 0. The number of hydrogen-bond acceptors (Lipinski definition) is 6. The van der Waals surface area contributed by atoms with E-state index in [1.54, 1.807) is 6.33 Å². The Hall–Kier alpha value is -2.65. The van der Waals surface area contributed by atoms with E-state index in [-0.39, 0.29) is 0 Å². The van der Waals surface area contributed by atoms with E-state index < -0.39 is 0 Å². The molecule has 1 aliphatic rings. The molecule has 1 saturated heterocycles. The van der Waals surface area contributed by atoms with E-state index >= 15 is 0 Å². The maximum Gasteiger partial charge on any atom is 0.131 e. The van der Waals surface area contributed by atoms with Gasteiger partial charge in [0.1, 0.15) is 18.0 Å². The third-order valence-corrected chi connectivity index (χ3v) is 3.74. The summed E-state index contributed by atoms with van der Waals surface area (Å²) in [5.74, 6) is 1.57. The zero-order chi connectivity index (χ0) is 15.9. The smallest absolute Gasteiger partial charge is 0.131 e. The van der Waals surface area contributed by atoms with Crippen molar-refractivity contribution in [1.82, 2.24) is 9.97 Å². The average molecular weight is 309 g/mol. The Morgan fingerprint density at radius 2 is 2.04 bits per heavy atom. The summed E-state index contributed by atoms with van der Waals surface area (Å²) in [5, 5.41) is 15.5. The van der Waals surface area contributed by atoms with Crippen LogP contribution in [0.15, 0.2) is 36.7 Å². The van der Waals surface area contributed by atoms with Crippen LogP contribution in [-0.2, 0) is 11.3 Å². The van der Waals surface area contributed by atoms with Gasteiger partial charge in [0.15, 0.2) is 0 Å². The van der Waals surface area contributed by atoms with Crippen molar-refractivity contribution >= 4 is 11.6 Å². The molecule has 1 atom stereocenters. The van der Waals surface area contributed by atoms with E-state index in [0.717, 1.165) is 43.3 Å². The van der Waals surface area contributed by atoms with Gasteiger partial charge < -0.3 is 15.4 Å². The molecule has 2 N–H and O–H groups in total. The van der Waals surface area contributed by atoms with Crippen LogP contribution < -0.4 is 10.6 Å². The molecule has 0 bridgehead atoms. The summed E-state index contributed by atoms with van der Waals surface area (Å²) in [4.78, 5) is 8.49. The molecule has 2 aromatic rings. The van der Waals surface area contributed by atoms with Crippen molar-refractivity contribution in [3.05, 3.63) is 47.8 Å². The number of aromatic nitrogens is 2. The van der Waals surface area contributed by atoms with Crippen LogP contribution in [0.25, 0.3) is 0 Å². The van der Waals surface area contributed by atoms with Crippen LogP contribution in [0.3, 0.4) is 0 Å². The zero-order valence-corrected chi connectivity index (χ0v) is 12.8. The molecule has 6 nitrogen and oxygen atoms in total. The number of ether oxygens (including phenoxy) is 1. The second-order valence-electron chi connectivity index (χ2n) is 5.51. The third-order valence-electron chi connectivity index (χ3n) is 3.74. The molecule has 3 rings (SSSR count). The van der Waals surface area contributed by atoms with E-state index in [1.807, 2.05) is 30.3 Å². The van der Waals surface area contributed by atoms with Crippen LogP contribution in [0.5, 0.6) is 0 Å². The topological polar surface area (TPSA) is 82.9 Å². The molecule has 6 heteroatoms. The van der Waals surface area contributed by atoms with Gasteiger partial charge in [-0.3, -0.25) is 0 Å². The number of benzene rings is 1. The molecule has 1 aromatic carbocycles. The second kappa shape index (κ2) is 7.56. The molecular formula is C17H19N5O. The van der Waals surface area contributed by atoms with Crippen molar-refractivity contribution < 1.29 is 4.74 Å². The fraction of sp³-hybridized carbons (Fsp3) is 0.353. The molecule has 0 aliphatic carbocycles. The number of nitrogens with one attached hydrogen (secondary N) is 2. The van der Waals surface area contributed by atoms with Gasteiger partial charge in [0.05, 0.1) is 24.3 Å². The van der Waals surface area contributed by atoms with Crippen molar-refractivity contribution in [2.24, 2.45) is 0 Å². The van der Waals surface area contributed by atoms with Crippen molar-refractivity contribution in [2.45, 2.75) is 25.4 Å². The summed E-state index contributed by atoms with van der Waals surface area (Å²) < 4.78 is 5.46. The predicted octanol–water partition coefficient (Wildman–Crippen LogP) is 2.55. The van der Waals surface area contributed by atoms with Crippen LogP contribution in [0.2, 0.25) is 0 Å². The average Bonchev–Trinajstić information content (AvgIpc) is 2.62. The van der Waals surface area contributed by atoms with Crippen molar-refractivity contribution in [3.63, 3.8) is 0 Å². The lowest BCUT2D eigenvalue weighted by Gasteiger charge is -2.23. The minimum atomic E-state index is 0.310. The fourth-order valence-electron chi connectivity index (χ4n) is 2.49. The van der Waals surface area contributed by atoms with Gasteiger partial charge in [0, 0.05) is 19.2 Å². The number of nitrogens with zero attached hydrogens (tertiary/aromatic N) is 3. The maximum atomic E-state index is 8.80. The molecule has 0 amide bonds. The molecular weight excluding hydrogens is 290 g/mol. The Labute approximate surface area is 135 Å². The lowest BCUT2D eigenvalue weighted by Crippen LogP contribution is -2.30. The Morgan fingerprint density at radius 1 is 1.22 bits per heavy atom. The quantitative estimate of drug-likeness (QED) is 0.883. The van der Waals surface area contributed by atoms with Gasteiger partial charge in [0.2, 0.25) is 0 Å². The molecule has 1 aliphatic heterocycles. The Kier molecular flexibility index (Phi) is 5.02. The minimum Gasteiger partial charge on any atom is -0.379 e. The Bertz CT molecular complexity index is 674.